The number of anilines is 2. The van der Waals surface area contributed by atoms with Gasteiger partial charge in [-0.25, -0.2) is 9.96 Å². The Hall–Kier alpha value is -3.90. The number of para-hydroxylation sites is 2. The number of rotatable bonds is 3. The molecule has 2 fully saturated rings. The lowest BCUT2D eigenvalue weighted by Gasteiger charge is -2.29. The fourth-order valence-electron chi connectivity index (χ4n) is 5.21. The number of nitrogens with one attached hydrogen (secondary N) is 1. The maximum absolute atomic E-state index is 13.8. The second kappa shape index (κ2) is 7.32. The summed E-state index contributed by atoms with van der Waals surface area (Å²) in [5.74, 6) is -1.21. The smallest absolute Gasteiger partial charge is 0.266 e. The van der Waals surface area contributed by atoms with Crippen LogP contribution in [0.1, 0.15) is 22.9 Å². The van der Waals surface area contributed by atoms with Gasteiger partial charge in [-0.1, -0.05) is 48.5 Å². The summed E-state index contributed by atoms with van der Waals surface area (Å²) in [6, 6.07) is 24.7. The van der Waals surface area contributed by atoms with E-state index in [0.717, 1.165) is 33.4 Å². The normalized spacial score (nSPS) is 22.4. The molecule has 2 aliphatic heterocycles. The zero-order chi connectivity index (χ0) is 22.7. The standard InChI is InChI=1S/C27H23N3O3/c1-16-9-8-12-19(15-16)29-26(31)23-24(22-17(2)28-21-14-7-6-13-20(21)22)30(33-25(23)27(29)32)18-10-4-3-5-11-18/h3-15,23-25,28H,1-2H3/t23-,24+,25+/m1/s1. The summed E-state index contributed by atoms with van der Waals surface area (Å²) in [6.07, 6.45) is -0.878. The summed E-state index contributed by atoms with van der Waals surface area (Å²) in [4.78, 5) is 38.3. The lowest BCUT2D eigenvalue weighted by molar-refractivity contribution is -0.126. The van der Waals surface area contributed by atoms with Crippen molar-refractivity contribution in [1.29, 1.82) is 0 Å². The summed E-state index contributed by atoms with van der Waals surface area (Å²) < 4.78 is 0. The number of aromatic nitrogens is 1. The lowest BCUT2D eigenvalue weighted by Crippen LogP contribution is -2.37. The van der Waals surface area contributed by atoms with Crippen molar-refractivity contribution < 1.29 is 14.4 Å². The predicted octanol–water partition coefficient (Wildman–Crippen LogP) is 4.84. The maximum Gasteiger partial charge on any atom is 0.266 e. The van der Waals surface area contributed by atoms with Crippen molar-refractivity contribution in [1.82, 2.24) is 4.98 Å². The van der Waals surface area contributed by atoms with Gasteiger partial charge in [0.1, 0.15) is 5.92 Å². The number of carbonyl (C=O) groups excluding carboxylic acids is 2. The van der Waals surface area contributed by atoms with Gasteiger partial charge in [0, 0.05) is 22.2 Å². The first-order chi connectivity index (χ1) is 16.0. The lowest BCUT2D eigenvalue weighted by atomic mass is 9.89. The van der Waals surface area contributed by atoms with Crippen LogP contribution in [0.4, 0.5) is 11.4 Å². The molecule has 3 atom stereocenters. The number of H-pyrrole nitrogens is 1. The number of nitrogens with zero attached hydrogens (tertiary/aromatic N) is 2. The Morgan fingerprint density at radius 1 is 0.818 bits per heavy atom. The molecule has 1 aromatic heterocycles. The Kier molecular flexibility index (Phi) is 4.38. The van der Waals surface area contributed by atoms with Crippen molar-refractivity contribution in [2.45, 2.75) is 26.0 Å². The van der Waals surface area contributed by atoms with Crippen molar-refractivity contribution in [3.8, 4) is 0 Å². The van der Waals surface area contributed by atoms with Crippen LogP contribution >= 0.6 is 0 Å². The predicted molar refractivity (Wildman–Crippen MR) is 127 cm³/mol. The Morgan fingerprint density at radius 3 is 2.33 bits per heavy atom. The average Bonchev–Trinajstić information content (AvgIpc) is 3.43. The van der Waals surface area contributed by atoms with Gasteiger partial charge < -0.3 is 4.98 Å². The van der Waals surface area contributed by atoms with E-state index in [1.54, 1.807) is 11.1 Å². The molecule has 1 N–H and O–H groups in total. The van der Waals surface area contributed by atoms with E-state index in [1.807, 2.05) is 86.6 Å². The number of imide groups is 1. The molecule has 2 aliphatic rings. The summed E-state index contributed by atoms with van der Waals surface area (Å²) in [5, 5.41) is 2.78. The van der Waals surface area contributed by atoms with Crippen LogP contribution in [-0.2, 0) is 14.4 Å². The number of fused-ring (bicyclic) bond motifs is 2. The monoisotopic (exact) mass is 437 g/mol. The van der Waals surface area contributed by atoms with E-state index >= 15 is 0 Å². The highest BCUT2D eigenvalue weighted by atomic mass is 16.7. The van der Waals surface area contributed by atoms with E-state index in [0.29, 0.717) is 5.69 Å². The molecule has 0 spiro atoms. The molecule has 2 saturated heterocycles. The minimum atomic E-state index is -0.878. The highest BCUT2D eigenvalue weighted by Crippen LogP contribution is 2.49. The fourth-order valence-corrected chi connectivity index (χ4v) is 5.21. The molecule has 0 saturated carbocycles. The van der Waals surface area contributed by atoms with E-state index in [-0.39, 0.29) is 11.8 Å². The fraction of sp³-hybridized carbons (Fsp3) is 0.185. The summed E-state index contributed by atoms with van der Waals surface area (Å²) in [5.41, 5.74) is 5.32. The van der Waals surface area contributed by atoms with E-state index in [2.05, 4.69) is 4.98 Å². The number of hydroxylamine groups is 1. The molecule has 3 aromatic carbocycles. The number of aromatic amines is 1. The van der Waals surface area contributed by atoms with Gasteiger partial charge in [0.2, 0.25) is 5.91 Å². The SMILES string of the molecule is Cc1cccc(N2C(=O)[C@H]3[C@H](ON(c4ccccc4)[C@H]3c3c(C)[nH]c4ccccc34)C2=O)c1. The van der Waals surface area contributed by atoms with Crippen LogP contribution in [0.15, 0.2) is 78.9 Å². The van der Waals surface area contributed by atoms with Crippen LogP contribution in [0.25, 0.3) is 10.9 Å². The third-order valence-electron chi connectivity index (χ3n) is 6.63. The number of carbonyl (C=O) groups is 2. The van der Waals surface area contributed by atoms with Gasteiger partial charge in [0.25, 0.3) is 5.91 Å². The first kappa shape index (κ1) is 19.8. The van der Waals surface area contributed by atoms with E-state index in [4.69, 9.17) is 4.84 Å². The van der Waals surface area contributed by atoms with Gasteiger partial charge in [0.15, 0.2) is 6.10 Å². The quantitative estimate of drug-likeness (QED) is 0.466. The van der Waals surface area contributed by atoms with Crippen molar-refractivity contribution >= 4 is 34.1 Å². The molecule has 3 heterocycles. The van der Waals surface area contributed by atoms with E-state index in [9.17, 15) is 9.59 Å². The van der Waals surface area contributed by atoms with Crippen LogP contribution in [0.2, 0.25) is 0 Å². The molecular weight excluding hydrogens is 414 g/mol. The van der Waals surface area contributed by atoms with Crippen molar-refractivity contribution in [3.05, 3.63) is 95.7 Å². The van der Waals surface area contributed by atoms with Crippen molar-refractivity contribution in [3.63, 3.8) is 0 Å². The first-order valence-electron chi connectivity index (χ1n) is 11.1. The van der Waals surface area contributed by atoms with Crippen LogP contribution in [0.5, 0.6) is 0 Å². The number of aryl methyl sites for hydroxylation is 2. The molecule has 164 valence electrons. The molecule has 0 bridgehead atoms. The summed E-state index contributed by atoms with van der Waals surface area (Å²) >= 11 is 0. The van der Waals surface area contributed by atoms with Gasteiger partial charge in [-0.15, -0.1) is 0 Å². The summed E-state index contributed by atoms with van der Waals surface area (Å²) in [7, 11) is 0. The maximum atomic E-state index is 13.8. The zero-order valence-electron chi connectivity index (χ0n) is 18.4. The van der Waals surface area contributed by atoms with Crippen molar-refractivity contribution in [2.75, 3.05) is 9.96 Å². The number of hydrogen-bond donors (Lipinski definition) is 1. The second-order valence-electron chi connectivity index (χ2n) is 8.72. The molecular formula is C27H23N3O3. The Bertz CT molecular complexity index is 1390. The summed E-state index contributed by atoms with van der Waals surface area (Å²) in [6.45, 7) is 3.95. The van der Waals surface area contributed by atoms with Gasteiger partial charge in [0.05, 0.1) is 17.4 Å². The molecule has 33 heavy (non-hydrogen) atoms. The third-order valence-corrected chi connectivity index (χ3v) is 6.63. The second-order valence-corrected chi connectivity index (χ2v) is 8.72. The topological polar surface area (TPSA) is 65.6 Å². The largest absolute Gasteiger partial charge is 0.358 e. The average molecular weight is 437 g/mol. The van der Waals surface area contributed by atoms with Crippen LogP contribution in [0, 0.1) is 19.8 Å². The van der Waals surface area contributed by atoms with Crippen LogP contribution in [0.3, 0.4) is 0 Å². The molecule has 0 radical (unpaired) electrons. The molecule has 2 amide bonds. The van der Waals surface area contributed by atoms with Gasteiger partial charge >= 0.3 is 0 Å². The zero-order valence-corrected chi connectivity index (χ0v) is 18.4. The Balaban J connectivity index is 1.52. The number of amides is 2. The van der Waals surface area contributed by atoms with Crippen molar-refractivity contribution in [2.24, 2.45) is 5.92 Å². The van der Waals surface area contributed by atoms with E-state index in [1.165, 1.54) is 4.90 Å². The van der Waals surface area contributed by atoms with Crippen LogP contribution in [-0.4, -0.2) is 22.9 Å². The van der Waals surface area contributed by atoms with Gasteiger partial charge in [-0.3, -0.25) is 14.4 Å². The molecule has 4 aromatic rings. The van der Waals surface area contributed by atoms with E-state index < -0.39 is 18.1 Å². The minimum absolute atomic E-state index is 0.233. The highest BCUT2D eigenvalue weighted by Gasteiger charge is 2.60. The number of hydrogen-bond acceptors (Lipinski definition) is 4. The molecule has 6 rings (SSSR count). The minimum Gasteiger partial charge on any atom is -0.358 e. The molecule has 6 nitrogen and oxygen atoms in total. The first-order valence-corrected chi connectivity index (χ1v) is 11.1. The molecule has 0 unspecified atom stereocenters. The van der Waals surface area contributed by atoms with Gasteiger partial charge in [-0.05, 0) is 49.7 Å². The highest BCUT2D eigenvalue weighted by molar-refractivity contribution is 6.24. The molecule has 0 aliphatic carbocycles. The third kappa shape index (κ3) is 2.91. The Labute approximate surface area is 191 Å². The Morgan fingerprint density at radius 2 is 1.55 bits per heavy atom. The van der Waals surface area contributed by atoms with Gasteiger partial charge in [-0.2, -0.15) is 0 Å². The van der Waals surface area contributed by atoms with Crippen LogP contribution < -0.4 is 9.96 Å². The molecule has 6 heteroatoms. The number of benzene rings is 3.